The van der Waals surface area contributed by atoms with Crippen LogP contribution in [0.4, 0.5) is 5.69 Å². The van der Waals surface area contributed by atoms with Crippen molar-refractivity contribution >= 4 is 21.6 Å². The van der Waals surface area contributed by atoms with Crippen LogP contribution in [0.25, 0.3) is 0 Å². The molecule has 0 heterocycles. The summed E-state index contributed by atoms with van der Waals surface area (Å²) in [6, 6.07) is 6.46. The second-order valence-corrected chi connectivity index (χ2v) is 6.95. The molecule has 0 radical (unpaired) electrons. The minimum atomic E-state index is -0.466. The number of rotatable bonds is 3. The van der Waals surface area contributed by atoms with E-state index in [0.717, 1.165) is 15.7 Å². The van der Waals surface area contributed by atoms with E-state index in [2.05, 4.69) is 61.6 Å². The summed E-state index contributed by atoms with van der Waals surface area (Å²) in [7, 11) is 2.09. The fourth-order valence-corrected chi connectivity index (χ4v) is 2.35. The highest BCUT2D eigenvalue weighted by Gasteiger charge is 2.26. The molecule has 2 nitrogen and oxygen atoms in total. The highest BCUT2D eigenvalue weighted by Crippen LogP contribution is 2.33. The van der Waals surface area contributed by atoms with Gasteiger partial charge in [-0.3, -0.25) is 0 Å². The molecule has 0 aliphatic rings. The van der Waals surface area contributed by atoms with E-state index < -0.39 is 6.10 Å². The Bertz CT molecular complexity index is 409. The molecule has 0 saturated heterocycles. The number of nitrogens with zero attached hydrogens (tertiary/aromatic N) is 1. The first-order chi connectivity index (χ1) is 8.14. The van der Waals surface area contributed by atoms with E-state index >= 15 is 0 Å². The maximum atomic E-state index is 9.91. The van der Waals surface area contributed by atoms with E-state index in [1.54, 1.807) is 6.92 Å². The summed E-state index contributed by atoms with van der Waals surface area (Å²) in [5.41, 5.74) is 2.25. The minimum absolute atomic E-state index is 0.192. The zero-order valence-electron chi connectivity index (χ0n) is 12.2. The molecule has 0 bridgehead atoms. The van der Waals surface area contributed by atoms with E-state index in [-0.39, 0.29) is 5.41 Å². The lowest BCUT2D eigenvalue weighted by atomic mass is 9.86. The fourth-order valence-electron chi connectivity index (χ4n) is 1.97. The molecule has 1 rings (SSSR count). The molecule has 3 heteroatoms. The summed E-state index contributed by atoms with van der Waals surface area (Å²) in [5.74, 6) is 0. The second-order valence-electron chi connectivity index (χ2n) is 6.03. The maximum Gasteiger partial charge on any atom is 0.0782 e. The lowest BCUT2D eigenvalue weighted by Gasteiger charge is -2.38. The van der Waals surface area contributed by atoms with E-state index in [1.165, 1.54) is 0 Å². The number of aliphatic hydroxyl groups excluding tert-OH is 1. The Kier molecular flexibility index (Phi) is 4.84. The molecule has 0 spiro atoms. The highest BCUT2D eigenvalue weighted by atomic mass is 79.9. The molecule has 1 aromatic carbocycles. The van der Waals surface area contributed by atoms with Gasteiger partial charge >= 0.3 is 0 Å². The SMILES string of the molecule is CC(O)c1cc(Br)ccc1N(C)C(C)C(C)(C)C. The van der Waals surface area contributed by atoms with Crippen molar-refractivity contribution in [2.24, 2.45) is 5.41 Å². The van der Waals surface area contributed by atoms with Crippen LogP contribution in [0, 0.1) is 5.41 Å². The van der Waals surface area contributed by atoms with Gasteiger partial charge in [0.2, 0.25) is 0 Å². The van der Waals surface area contributed by atoms with Crippen LogP contribution < -0.4 is 4.90 Å². The standard InChI is InChI=1S/C15H24BrNO/c1-10(18)13-9-12(16)7-8-14(13)17(6)11(2)15(3,4)5/h7-11,18H,1-6H3. The third kappa shape index (κ3) is 3.48. The monoisotopic (exact) mass is 313 g/mol. The molecule has 1 N–H and O–H groups in total. The van der Waals surface area contributed by atoms with Crippen LogP contribution in [0.2, 0.25) is 0 Å². The molecular formula is C15H24BrNO. The number of anilines is 1. The molecule has 0 aliphatic heterocycles. The third-order valence-corrected chi connectivity index (χ3v) is 4.15. The van der Waals surface area contributed by atoms with Gasteiger partial charge in [0.05, 0.1) is 6.10 Å². The number of benzene rings is 1. The second kappa shape index (κ2) is 5.62. The van der Waals surface area contributed by atoms with Gasteiger partial charge in [0.1, 0.15) is 0 Å². The first-order valence-corrected chi connectivity index (χ1v) is 7.14. The Morgan fingerprint density at radius 1 is 1.22 bits per heavy atom. The normalized spacial score (nSPS) is 15.3. The molecule has 2 atom stereocenters. The van der Waals surface area contributed by atoms with Gasteiger partial charge in [0, 0.05) is 28.8 Å². The maximum absolute atomic E-state index is 9.91. The quantitative estimate of drug-likeness (QED) is 0.895. The van der Waals surface area contributed by atoms with E-state index in [4.69, 9.17) is 0 Å². The number of hydrogen-bond donors (Lipinski definition) is 1. The highest BCUT2D eigenvalue weighted by molar-refractivity contribution is 9.10. The van der Waals surface area contributed by atoms with Gasteiger partial charge in [0.25, 0.3) is 0 Å². The average Bonchev–Trinajstić information content (AvgIpc) is 2.25. The molecule has 18 heavy (non-hydrogen) atoms. The summed E-state index contributed by atoms with van der Waals surface area (Å²) in [5, 5.41) is 9.91. The van der Waals surface area contributed by atoms with Crippen molar-refractivity contribution in [2.45, 2.75) is 46.8 Å². The Morgan fingerprint density at radius 2 is 1.78 bits per heavy atom. The van der Waals surface area contributed by atoms with Gasteiger partial charge in [-0.05, 0) is 37.5 Å². The van der Waals surface area contributed by atoms with Crippen molar-refractivity contribution in [3.8, 4) is 0 Å². The predicted octanol–water partition coefficient (Wildman–Crippen LogP) is 4.37. The topological polar surface area (TPSA) is 23.5 Å². The van der Waals surface area contributed by atoms with E-state index in [9.17, 15) is 5.11 Å². The summed E-state index contributed by atoms with van der Waals surface area (Å²) >= 11 is 3.46. The Morgan fingerprint density at radius 3 is 2.22 bits per heavy atom. The molecule has 1 aromatic rings. The van der Waals surface area contributed by atoms with Crippen LogP contribution in [0.3, 0.4) is 0 Å². The Labute approximate surface area is 119 Å². The summed E-state index contributed by atoms with van der Waals surface area (Å²) < 4.78 is 0.999. The summed E-state index contributed by atoms with van der Waals surface area (Å²) in [6.45, 7) is 10.7. The first-order valence-electron chi connectivity index (χ1n) is 6.35. The number of halogens is 1. The zero-order valence-corrected chi connectivity index (χ0v) is 13.7. The summed E-state index contributed by atoms with van der Waals surface area (Å²) in [6.07, 6.45) is -0.466. The van der Waals surface area contributed by atoms with Gasteiger partial charge in [0.15, 0.2) is 0 Å². The van der Waals surface area contributed by atoms with E-state index in [1.807, 2.05) is 12.1 Å². The lowest BCUT2D eigenvalue weighted by molar-refractivity contribution is 0.199. The van der Waals surface area contributed by atoms with Gasteiger partial charge in [-0.25, -0.2) is 0 Å². The van der Waals surface area contributed by atoms with Crippen LogP contribution in [-0.4, -0.2) is 18.2 Å². The van der Waals surface area contributed by atoms with Crippen molar-refractivity contribution in [2.75, 3.05) is 11.9 Å². The molecule has 0 fully saturated rings. The lowest BCUT2D eigenvalue weighted by Crippen LogP contribution is -2.39. The third-order valence-electron chi connectivity index (χ3n) is 3.65. The van der Waals surface area contributed by atoms with Gasteiger partial charge in [-0.2, -0.15) is 0 Å². The molecule has 0 aromatic heterocycles. The predicted molar refractivity (Wildman–Crippen MR) is 82.1 cm³/mol. The summed E-state index contributed by atoms with van der Waals surface area (Å²) in [4.78, 5) is 2.24. The van der Waals surface area contributed by atoms with Crippen LogP contribution in [0.1, 0.15) is 46.3 Å². The molecule has 0 aliphatic carbocycles. The first kappa shape index (κ1) is 15.5. The van der Waals surface area contributed by atoms with Crippen molar-refractivity contribution in [3.05, 3.63) is 28.2 Å². The zero-order chi connectivity index (χ0) is 14.1. The smallest absolute Gasteiger partial charge is 0.0782 e. The van der Waals surface area contributed by atoms with Crippen LogP contribution in [0.15, 0.2) is 22.7 Å². The van der Waals surface area contributed by atoms with Crippen LogP contribution in [0.5, 0.6) is 0 Å². The van der Waals surface area contributed by atoms with Gasteiger partial charge in [-0.15, -0.1) is 0 Å². The molecule has 2 unspecified atom stereocenters. The molecule has 0 saturated carbocycles. The Balaban J connectivity index is 3.17. The fraction of sp³-hybridized carbons (Fsp3) is 0.600. The molecule has 0 amide bonds. The largest absolute Gasteiger partial charge is 0.389 e. The molecule has 102 valence electrons. The van der Waals surface area contributed by atoms with Crippen molar-refractivity contribution in [1.82, 2.24) is 0 Å². The van der Waals surface area contributed by atoms with Crippen molar-refractivity contribution in [3.63, 3.8) is 0 Å². The minimum Gasteiger partial charge on any atom is -0.389 e. The van der Waals surface area contributed by atoms with Gasteiger partial charge in [-0.1, -0.05) is 36.7 Å². The van der Waals surface area contributed by atoms with Crippen molar-refractivity contribution < 1.29 is 5.11 Å². The van der Waals surface area contributed by atoms with Gasteiger partial charge < -0.3 is 10.0 Å². The van der Waals surface area contributed by atoms with Crippen LogP contribution in [-0.2, 0) is 0 Å². The Hall–Kier alpha value is -0.540. The van der Waals surface area contributed by atoms with Crippen LogP contribution >= 0.6 is 15.9 Å². The molecular weight excluding hydrogens is 290 g/mol. The van der Waals surface area contributed by atoms with Crippen molar-refractivity contribution in [1.29, 1.82) is 0 Å². The van der Waals surface area contributed by atoms with E-state index in [0.29, 0.717) is 6.04 Å². The number of hydrogen-bond acceptors (Lipinski definition) is 2. The number of aliphatic hydroxyl groups is 1. The average molecular weight is 314 g/mol.